The summed E-state index contributed by atoms with van der Waals surface area (Å²) >= 11 is 0. The third-order valence-electron chi connectivity index (χ3n) is 9.94. The van der Waals surface area contributed by atoms with E-state index in [1.165, 1.54) is 30.0 Å². The summed E-state index contributed by atoms with van der Waals surface area (Å²) in [6.07, 6.45) is 7.57. The van der Waals surface area contributed by atoms with Gasteiger partial charge in [-0.2, -0.15) is 0 Å². The van der Waals surface area contributed by atoms with Gasteiger partial charge in [-0.15, -0.1) is 0 Å². The smallest absolute Gasteiger partial charge is 0.248 e. The quantitative estimate of drug-likeness (QED) is 0.535. The Morgan fingerprint density at radius 2 is 1.87 bits per heavy atom. The summed E-state index contributed by atoms with van der Waals surface area (Å²) in [5, 5.41) is 12.8. The first-order valence-electron chi connectivity index (χ1n) is 14.4. The van der Waals surface area contributed by atoms with Gasteiger partial charge in [0.1, 0.15) is 0 Å². The van der Waals surface area contributed by atoms with Crippen LogP contribution in [0.5, 0.6) is 0 Å². The Kier molecular flexibility index (Phi) is 5.97. The molecule has 1 saturated carbocycles. The maximum Gasteiger partial charge on any atom is 0.248 e. The van der Waals surface area contributed by atoms with Gasteiger partial charge in [0.05, 0.1) is 12.0 Å². The minimum Gasteiger partial charge on any atom is -0.387 e. The molecule has 7 rings (SSSR count). The van der Waals surface area contributed by atoms with Crippen LogP contribution in [0.25, 0.3) is 11.3 Å². The van der Waals surface area contributed by atoms with Crippen molar-refractivity contribution in [2.24, 2.45) is 5.92 Å². The number of aromatic nitrogens is 2. The Morgan fingerprint density at radius 1 is 1.03 bits per heavy atom. The molecule has 2 saturated heterocycles. The Morgan fingerprint density at radius 3 is 2.67 bits per heavy atom. The van der Waals surface area contributed by atoms with Crippen molar-refractivity contribution in [2.75, 3.05) is 26.2 Å². The van der Waals surface area contributed by atoms with Gasteiger partial charge in [0.25, 0.3) is 0 Å². The number of likely N-dealkylation sites (tertiary alicyclic amines) is 2. The molecule has 4 heterocycles. The van der Waals surface area contributed by atoms with E-state index < -0.39 is 11.0 Å². The summed E-state index contributed by atoms with van der Waals surface area (Å²) in [7, 11) is 0. The molecule has 2 aromatic heterocycles. The molecule has 1 amide bonds. The molecule has 0 unspecified atom stereocenters. The predicted molar refractivity (Wildman–Crippen MR) is 149 cm³/mol. The van der Waals surface area contributed by atoms with E-state index in [1.807, 2.05) is 29.2 Å². The predicted octanol–water partition coefficient (Wildman–Crippen LogP) is 3.31. The zero-order valence-electron chi connectivity index (χ0n) is 22.3. The molecule has 1 aromatic carbocycles. The van der Waals surface area contributed by atoms with Crippen molar-refractivity contribution in [1.82, 2.24) is 19.8 Å². The fourth-order valence-corrected chi connectivity index (χ4v) is 7.68. The zero-order valence-corrected chi connectivity index (χ0v) is 22.3. The molecule has 2 aliphatic heterocycles. The summed E-state index contributed by atoms with van der Waals surface area (Å²) in [6.45, 7) is 3.20. The molecule has 2 N–H and O–H groups in total. The van der Waals surface area contributed by atoms with E-state index in [0.29, 0.717) is 19.5 Å². The molecule has 0 spiro atoms. The molecule has 2 aliphatic carbocycles. The fraction of sp³-hybridized carbons (Fsp3) is 0.469. The van der Waals surface area contributed by atoms with Gasteiger partial charge in [0.2, 0.25) is 11.5 Å². The van der Waals surface area contributed by atoms with E-state index >= 15 is 0 Å². The van der Waals surface area contributed by atoms with Crippen molar-refractivity contribution in [3.63, 3.8) is 0 Å². The highest BCUT2D eigenvalue weighted by Gasteiger charge is 2.63. The number of nitrogens with zero attached hydrogens (tertiary/aromatic N) is 3. The largest absolute Gasteiger partial charge is 0.387 e. The molecule has 2 bridgehead atoms. The lowest BCUT2D eigenvalue weighted by atomic mass is 9.52. The Hall–Kier alpha value is -3.29. The number of nitrogens with one attached hydrogen (secondary N) is 1. The van der Waals surface area contributed by atoms with Crippen LogP contribution < -0.4 is 5.56 Å². The van der Waals surface area contributed by atoms with Crippen molar-refractivity contribution in [1.29, 1.82) is 0 Å². The number of aliphatic hydroxyl groups is 1. The SMILES string of the molecule is O=C(Cc1ccccn1)N1CC[C@]23CCN(CC4CC4)[C@H](Cc4ccc(-c5cccc(=O)[nH]5)cc42)[C@]3(O)CC1. The third kappa shape index (κ3) is 4.23. The van der Waals surface area contributed by atoms with Gasteiger partial charge in [-0.05, 0) is 91.9 Å². The molecule has 0 radical (unpaired) electrons. The number of aromatic amines is 1. The van der Waals surface area contributed by atoms with Crippen molar-refractivity contribution in [2.45, 2.75) is 62.0 Å². The van der Waals surface area contributed by atoms with Crippen LogP contribution in [0.2, 0.25) is 0 Å². The number of rotatable bonds is 5. The molecule has 7 nitrogen and oxygen atoms in total. The number of fused-ring (bicyclic) bond motifs is 1. The Balaban J connectivity index is 1.27. The number of benzene rings is 1. The monoisotopic (exact) mass is 524 g/mol. The summed E-state index contributed by atoms with van der Waals surface area (Å²) in [6, 6.07) is 17.5. The van der Waals surface area contributed by atoms with Gasteiger partial charge in [0.15, 0.2) is 0 Å². The fourth-order valence-electron chi connectivity index (χ4n) is 7.68. The first kappa shape index (κ1) is 24.7. The standard InChI is InChI=1S/C32H36N4O3/c37-29-6-3-5-27(34-29)24-10-9-23-19-28-32(39)13-17-35(30(38)20-25-4-1-2-14-33-25)15-11-31(32,26(23)18-24)12-16-36(28)21-22-7-8-22/h1-6,9-10,14,18,22,28,39H,7-8,11-13,15-17,19-21H2,(H,34,37)/t28-,31+,32-/m1/s1. The lowest BCUT2D eigenvalue weighted by Crippen LogP contribution is -2.71. The van der Waals surface area contributed by atoms with Crippen LogP contribution in [0.1, 0.15) is 48.9 Å². The van der Waals surface area contributed by atoms with Gasteiger partial charge in [-0.1, -0.05) is 24.3 Å². The number of amides is 1. The molecule has 3 fully saturated rings. The van der Waals surface area contributed by atoms with Crippen LogP contribution in [-0.4, -0.2) is 68.6 Å². The number of carbonyl (C=O) groups excluding carboxylic acids is 1. The third-order valence-corrected chi connectivity index (χ3v) is 9.94. The lowest BCUT2D eigenvalue weighted by Gasteiger charge is -2.61. The summed E-state index contributed by atoms with van der Waals surface area (Å²) in [5.74, 6) is 0.828. The van der Waals surface area contributed by atoms with Gasteiger partial charge >= 0.3 is 0 Å². The van der Waals surface area contributed by atoms with Gasteiger partial charge in [0, 0.05) is 54.7 Å². The van der Waals surface area contributed by atoms with E-state index in [1.54, 1.807) is 12.3 Å². The van der Waals surface area contributed by atoms with Crippen LogP contribution in [0, 0.1) is 5.92 Å². The van der Waals surface area contributed by atoms with Gasteiger partial charge in [-0.3, -0.25) is 19.5 Å². The highest BCUT2D eigenvalue weighted by molar-refractivity contribution is 5.78. The minimum atomic E-state index is -0.921. The maximum absolute atomic E-state index is 13.4. The second-order valence-electron chi connectivity index (χ2n) is 12.1. The Bertz CT molecular complexity index is 1450. The summed E-state index contributed by atoms with van der Waals surface area (Å²) in [5.41, 5.74) is 3.56. The van der Waals surface area contributed by atoms with E-state index in [0.717, 1.165) is 55.2 Å². The van der Waals surface area contributed by atoms with Crippen molar-refractivity contribution in [3.8, 4) is 11.3 Å². The molecule has 39 heavy (non-hydrogen) atoms. The second kappa shape index (κ2) is 9.42. The minimum absolute atomic E-state index is 0.0487. The van der Waals surface area contributed by atoms with Crippen LogP contribution in [0.4, 0.5) is 0 Å². The second-order valence-corrected chi connectivity index (χ2v) is 12.1. The normalized spacial score (nSPS) is 28.3. The van der Waals surface area contributed by atoms with Crippen LogP contribution in [0.15, 0.2) is 65.6 Å². The molecule has 202 valence electrons. The van der Waals surface area contributed by atoms with Crippen molar-refractivity contribution in [3.05, 3.63) is 88.0 Å². The number of piperidine rings is 1. The number of hydrogen-bond donors (Lipinski definition) is 2. The van der Waals surface area contributed by atoms with Crippen molar-refractivity contribution >= 4 is 5.91 Å². The molecular formula is C32H36N4O3. The van der Waals surface area contributed by atoms with Crippen LogP contribution in [-0.2, 0) is 23.1 Å². The van der Waals surface area contributed by atoms with E-state index in [-0.39, 0.29) is 23.9 Å². The zero-order chi connectivity index (χ0) is 26.6. The van der Waals surface area contributed by atoms with Crippen LogP contribution in [0.3, 0.4) is 0 Å². The summed E-state index contributed by atoms with van der Waals surface area (Å²) < 4.78 is 0. The first-order chi connectivity index (χ1) is 18.9. The molecule has 4 aliphatic rings. The van der Waals surface area contributed by atoms with Gasteiger partial charge < -0.3 is 15.0 Å². The van der Waals surface area contributed by atoms with E-state index in [9.17, 15) is 14.7 Å². The van der Waals surface area contributed by atoms with E-state index in [2.05, 4.69) is 33.1 Å². The topological polar surface area (TPSA) is 89.5 Å². The average molecular weight is 525 g/mol. The number of pyridine rings is 2. The van der Waals surface area contributed by atoms with Gasteiger partial charge in [-0.25, -0.2) is 0 Å². The molecule has 3 atom stereocenters. The molecule has 3 aromatic rings. The number of H-pyrrole nitrogens is 1. The summed E-state index contributed by atoms with van der Waals surface area (Å²) in [4.78, 5) is 37.3. The van der Waals surface area contributed by atoms with Crippen LogP contribution >= 0.6 is 0 Å². The number of hydrogen-bond acceptors (Lipinski definition) is 5. The lowest BCUT2D eigenvalue weighted by molar-refractivity contribution is -0.149. The maximum atomic E-state index is 13.4. The highest BCUT2D eigenvalue weighted by Crippen LogP contribution is 2.56. The first-order valence-corrected chi connectivity index (χ1v) is 14.4. The average Bonchev–Trinajstić information content (AvgIpc) is 3.77. The van der Waals surface area contributed by atoms with Crippen molar-refractivity contribution < 1.29 is 9.90 Å². The highest BCUT2D eigenvalue weighted by atomic mass is 16.3. The van der Waals surface area contributed by atoms with E-state index in [4.69, 9.17) is 0 Å². The Labute approximate surface area is 228 Å². The molecular weight excluding hydrogens is 488 g/mol. The number of carbonyl (C=O) groups is 1. The molecule has 7 heteroatoms.